The van der Waals surface area contributed by atoms with Gasteiger partial charge in [0.2, 0.25) is 0 Å². The quantitative estimate of drug-likeness (QED) is 0.911. The summed E-state index contributed by atoms with van der Waals surface area (Å²) in [5.41, 5.74) is 1.26. The van der Waals surface area contributed by atoms with E-state index in [1.54, 1.807) is 18.0 Å². The molecule has 2 aromatic rings. The van der Waals surface area contributed by atoms with Gasteiger partial charge in [0.1, 0.15) is 0 Å². The molecule has 0 saturated carbocycles. The molecule has 2 rings (SSSR count). The van der Waals surface area contributed by atoms with E-state index in [1.165, 1.54) is 10.5 Å². The van der Waals surface area contributed by atoms with Crippen LogP contribution in [-0.4, -0.2) is 17.0 Å². The third-order valence-corrected chi connectivity index (χ3v) is 3.60. The zero-order valence-corrected chi connectivity index (χ0v) is 11.2. The molecule has 1 aromatic carbocycles. The minimum absolute atomic E-state index is 0.850. The summed E-state index contributed by atoms with van der Waals surface area (Å²) < 4.78 is 1.10. The maximum absolute atomic E-state index is 4.21. The van der Waals surface area contributed by atoms with E-state index in [-0.39, 0.29) is 0 Å². The standard InChI is InChI=1S/C11H12BrN3S/c1-13-7-8-6-9(12)2-3-10(8)16-11-14-4-5-15-11/h2-6,13H,7H2,1H3,(H,14,15). The second kappa shape index (κ2) is 5.52. The third kappa shape index (κ3) is 2.87. The number of rotatable bonds is 4. The zero-order chi connectivity index (χ0) is 11.4. The monoisotopic (exact) mass is 297 g/mol. The molecule has 0 aliphatic rings. The highest BCUT2D eigenvalue weighted by Gasteiger charge is 2.05. The molecular weight excluding hydrogens is 286 g/mol. The molecule has 2 N–H and O–H groups in total. The van der Waals surface area contributed by atoms with E-state index in [0.29, 0.717) is 0 Å². The summed E-state index contributed by atoms with van der Waals surface area (Å²) in [6.07, 6.45) is 3.60. The number of aromatic amines is 1. The SMILES string of the molecule is CNCc1cc(Br)ccc1Sc1ncc[nH]1. The molecule has 0 radical (unpaired) electrons. The summed E-state index contributed by atoms with van der Waals surface area (Å²) in [6, 6.07) is 6.27. The largest absolute Gasteiger partial charge is 0.339 e. The van der Waals surface area contributed by atoms with Crippen LogP contribution in [0.15, 0.2) is 45.1 Å². The summed E-state index contributed by atoms with van der Waals surface area (Å²) in [6.45, 7) is 0.850. The van der Waals surface area contributed by atoms with Crippen LogP contribution in [-0.2, 0) is 6.54 Å². The Kier molecular flexibility index (Phi) is 4.04. The van der Waals surface area contributed by atoms with E-state index in [4.69, 9.17) is 0 Å². The van der Waals surface area contributed by atoms with Crippen molar-refractivity contribution in [2.45, 2.75) is 16.6 Å². The lowest BCUT2D eigenvalue weighted by molar-refractivity contribution is 0.802. The predicted molar refractivity (Wildman–Crippen MR) is 69.6 cm³/mol. The summed E-state index contributed by atoms with van der Waals surface area (Å²) in [7, 11) is 1.95. The second-order valence-electron chi connectivity index (χ2n) is 3.28. The summed E-state index contributed by atoms with van der Waals surface area (Å²) >= 11 is 5.13. The highest BCUT2D eigenvalue weighted by atomic mass is 79.9. The van der Waals surface area contributed by atoms with Gasteiger partial charge in [-0.05, 0) is 30.8 Å². The first-order chi connectivity index (χ1) is 7.79. The first-order valence-corrected chi connectivity index (χ1v) is 6.51. The molecule has 0 saturated heterocycles. The van der Waals surface area contributed by atoms with Crippen LogP contribution in [0.1, 0.15) is 5.56 Å². The predicted octanol–water partition coefficient (Wildman–Crippen LogP) is 3.04. The fourth-order valence-electron chi connectivity index (χ4n) is 1.39. The first kappa shape index (κ1) is 11.7. The first-order valence-electron chi connectivity index (χ1n) is 4.90. The topological polar surface area (TPSA) is 40.7 Å². The number of halogens is 1. The van der Waals surface area contributed by atoms with Crippen LogP contribution < -0.4 is 5.32 Å². The molecule has 0 aliphatic carbocycles. The van der Waals surface area contributed by atoms with E-state index < -0.39 is 0 Å². The molecule has 0 atom stereocenters. The van der Waals surface area contributed by atoms with Gasteiger partial charge in [-0.1, -0.05) is 27.7 Å². The molecule has 1 heterocycles. The van der Waals surface area contributed by atoms with Crippen LogP contribution in [0.3, 0.4) is 0 Å². The number of hydrogen-bond acceptors (Lipinski definition) is 3. The smallest absolute Gasteiger partial charge is 0.170 e. The summed E-state index contributed by atoms with van der Waals surface area (Å²) in [5.74, 6) is 0. The Hall–Kier alpha value is -0.780. The van der Waals surface area contributed by atoms with Crippen molar-refractivity contribution in [1.82, 2.24) is 15.3 Å². The van der Waals surface area contributed by atoms with Gasteiger partial charge in [0.25, 0.3) is 0 Å². The molecule has 5 heteroatoms. The summed E-state index contributed by atoms with van der Waals surface area (Å²) in [4.78, 5) is 8.52. The zero-order valence-electron chi connectivity index (χ0n) is 8.83. The lowest BCUT2D eigenvalue weighted by atomic mass is 10.2. The number of H-pyrrole nitrogens is 1. The Balaban J connectivity index is 2.25. The fraction of sp³-hybridized carbons (Fsp3) is 0.182. The van der Waals surface area contributed by atoms with Crippen molar-refractivity contribution in [2.24, 2.45) is 0 Å². The average Bonchev–Trinajstić information content (AvgIpc) is 2.75. The van der Waals surface area contributed by atoms with E-state index in [9.17, 15) is 0 Å². The molecule has 16 heavy (non-hydrogen) atoms. The van der Waals surface area contributed by atoms with Gasteiger partial charge in [-0.2, -0.15) is 0 Å². The number of nitrogens with zero attached hydrogens (tertiary/aromatic N) is 1. The minimum atomic E-state index is 0.850. The van der Waals surface area contributed by atoms with Gasteiger partial charge in [-0.25, -0.2) is 4.98 Å². The van der Waals surface area contributed by atoms with E-state index in [0.717, 1.165) is 16.2 Å². The summed E-state index contributed by atoms with van der Waals surface area (Å²) in [5, 5.41) is 4.08. The van der Waals surface area contributed by atoms with Gasteiger partial charge < -0.3 is 10.3 Å². The van der Waals surface area contributed by atoms with Crippen LogP contribution in [0.25, 0.3) is 0 Å². The number of hydrogen-bond donors (Lipinski definition) is 2. The van der Waals surface area contributed by atoms with Crippen molar-refractivity contribution >= 4 is 27.7 Å². The van der Waals surface area contributed by atoms with Gasteiger partial charge in [0, 0.05) is 28.3 Å². The fourth-order valence-corrected chi connectivity index (χ4v) is 2.64. The molecule has 0 aliphatic heterocycles. The maximum atomic E-state index is 4.21. The maximum Gasteiger partial charge on any atom is 0.170 e. The Morgan fingerprint density at radius 3 is 3.06 bits per heavy atom. The number of benzene rings is 1. The lowest BCUT2D eigenvalue weighted by Crippen LogP contribution is -2.06. The van der Waals surface area contributed by atoms with Crippen LogP contribution in [0.5, 0.6) is 0 Å². The van der Waals surface area contributed by atoms with Crippen molar-refractivity contribution < 1.29 is 0 Å². The minimum Gasteiger partial charge on any atom is -0.339 e. The molecule has 3 nitrogen and oxygen atoms in total. The van der Waals surface area contributed by atoms with Crippen LogP contribution >= 0.6 is 27.7 Å². The van der Waals surface area contributed by atoms with Crippen LogP contribution in [0, 0.1) is 0 Å². The van der Waals surface area contributed by atoms with Crippen LogP contribution in [0.2, 0.25) is 0 Å². The van der Waals surface area contributed by atoms with Gasteiger partial charge in [-0.15, -0.1) is 0 Å². The van der Waals surface area contributed by atoms with Gasteiger partial charge in [0.15, 0.2) is 5.16 Å². The van der Waals surface area contributed by atoms with Crippen molar-refractivity contribution in [1.29, 1.82) is 0 Å². The molecule has 0 unspecified atom stereocenters. The Morgan fingerprint density at radius 1 is 1.50 bits per heavy atom. The molecular formula is C11H12BrN3S. The van der Waals surface area contributed by atoms with Crippen molar-refractivity contribution in [3.63, 3.8) is 0 Å². The molecule has 84 valence electrons. The third-order valence-electron chi connectivity index (χ3n) is 2.07. The molecule has 0 amide bonds. The van der Waals surface area contributed by atoms with Gasteiger partial charge >= 0.3 is 0 Å². The number of imidazole rings is 1. The highest BCUT2D eigenvalue weighted by molar-refractivity contribution is 9.10. The van der Waals surface area contributed by atoms with E-state index in [2.05, 4.69) is 43.3 Å². The molecule has 1 aromatic heterocycles. The number of aromatic nitrogens is 2. The Labute approximate surface area is 107 Å². The van der Waals surface area contributed by atoms with Gasteiger partial charge in [-0.3, -0.25) is 0 Å². The average molecular weight is 298 g/mol. The Morgan fingerprint density at radius 2 is 2.38 bits per heavy atom. The van der Waals surface area contributed by atoms with Crippen molar-refractivity contribution in [2.75, 3.05) is 7.05 Å². The van der Waals surface area contributed by atoms with E-state index in [1.807, 2.05) is 19.3 Å². The highest BCUT2D eigenvalue weighted by Crippen LogP contribution is 2.29. The van der Waals surface area contributed by atoms with E-state index >= 15 is 0 Å². The van der Waals surface area contributed by atoms with Crippen molar-refractivity contribution in [3.05, 3.63) is 40.6 Å². The van der Waals surface area contributed by atoms with Gasteiger partial charge in [0.05, 0.1) is 0 Å². The number of nitrogens with one attached hydrogen (secondary N) is 2. The Bertz CT molecular complexity index is 456. The van der Waals surface area contributed by atoms with Crippen molar-refractivity contribution in [3.8, 4) is 0 Å². The van der Waals surface area contributed by atoms with Crippen LogP contribution in [0.4, 0.5) is 0 Å². The molecule has 0 bridgehead atoms. The lowest BCUT2D eigenvalue weighted by Gasteiger charge is -2.07. The second-order valence-corrected chi connectivity index (χ2v) is 5.23. The normalized spacial score (nSPS) is 10.6. The molecule has 0 spiro atoms. The molecule has 0 fully saturated rings.